The van der Waals surface area contributed by atoms with E-state index in [4.69, 9.17) is 0 Å². The summed E-state index contributed by atoms with van der Waals surface area (Å²) in [7, 11) is 7.86. The molecule has 0 fully saturated rings. The first kappa shape index (κ1) is 16.1. The normalized spacial score (nSPS) is 17.0. The fraction of sp³-hybridized carbons (Fsp3) is 0.769. The Morgan fingerprint density at radius 1 is 1.12 bits per heavy atom. The number of carboxylic acids is 1. The van der Waals surface area contributed by atoms with Crippen LogP contribution in [0.3, 0.4) is 0 Å². The van der Waals surface area contributed by atoms with E-state index in [1.54, 1.807) is 0 Å². The van der Waals surface area contributed by atoms with Crippen molar-refractivity contribution in [2.24, 2.45) is 0 Å². The minimum Gasteiger partial charge on any atom is -0.478 e. The second-order valence-corrected chi connectivity index (χ2v) is 5.12. The van der Waals surface area contributed by atoms with Crippen molar-refractivity contribution < 1.29 is 9.90 Å². The van der Waals surface area contributed by atoms with Gasteiger partial charge in [0.1, 0.15) is 0 Å². The lowest BCUT2D eigenvalue weighted by Crippen LogP contribution is -2.30. The Kier molecular flexibility index (Phi) is 6.42. The van der Waals surface area contributed by atoms with Crippen molar-refractivity contribution >= 4 is 5.97 Å². The maximum absolute atomic E-state index is 11.3. The lowest BCUT2D eigenvalue weighted by Gasteiger charge is -2.25. The molecule has 2 unspecified atom stereocenters. The van der Waals surface area contributed by atoms with E-state index < -0.39 is 5.97 Å². The number of carbonyl (C=O) groups is 1. The molecule has 0 radical (unpaired) electrons. The maximum Gasteiger partial charge on any atom is 0.331 e. The van der Waals surface area contributed by atoms with Crippen molar-refractivity contribution in [1.29, 1.82) is 0 Å². The molecular weight excluding hydrogens is 216 g/mol. The average Bonchev–Trinajstić information content (AvgIpc) is 2.22. The van der Waals surface area contributed by atoms with Crippen LogP contribution in [0.4, 0.5) is 0 Å². The Bertz CT molecular complexity index is 296. The third-order valence-electron chi connectivity index (χ3n) is 3.52. The van der Waals surface area contributed by atoms with Crippen LogP contribution in [-0.4, -0.2) is 61.2 Å². The van der Waals surface area contributed by atoms with Gasteiger partial charge < -0.3 is 14.9 Å². The predicted molar refractivity (Wildman–Crippen MR) is 71.3 cm³/mol. The number of aliphatic carboxylic acids is 1. The molecule has 0 spiro atoms. The maximum atomic E-state index is 11.3. The molecule has 17 heavy (non-hydrogen) atoms. The molecule has 0 aliphatic heterocycles. The van der Waals surface area contributed by atoms with E-state index >= 15 is 0 Å². The van der Waals surface area contributed by atoms with Gasteiger partial charge in [-0.05, 0) is 61.0 Å². The van der Waals surface area contributed by atoms with Crippen LogP contribution in [0.2, 0.25) is 0 Å². The van der Waals surface area contributed by atoms with Crippen LogP contribution in [0.5, 0.6) is 0 Å². The highest BCUT2D eigenvalue weighted by molar-refractivity contribution is 5.87. The van der Waals surface area contributed by atoms with Gasteiger partial charge >= 0.3 is 5.97 Å². The van der Waals surface area contributed by atoms with Gasteiger partial charge in [-0.2, -0.15) is 0 Å². The van der Waals surface area contributed by atoms with Crippen molar-refractivity contribution in [3.8, 4) is 0 Å². The molecule has 0 heterocycles. The summed E-state index contributed by atoms with van der Waals surface area (Å²) in [6, 6.07) is 0.376. The molecular formula is C13H26N2O2. The van der Waals surface area contributed by atoms with Crippen LogP contribution in [0.15, 0.2) is 11.1 Å². The van der Waals surface area contributed by atoms with E-state index in [1.807, 2.05) is 58.8 Å². The van der Waals surface area contributed by atoms with Crippen molar-refractivity contribution in [2.45, 2.75) is 39.3 Å². The minimum absolute atomic E-state index is 0.149. The minimum atomic E-state index is -0.801. The fourth-order valence-electron chi connectivity index (χ4n) is 1.53. The largest absolute Gasteiger partial charge is 0.478 e. The van der Waals surface area contributed by atoms with Gasteiger partial charge in [-0.15, -0.1) is 0 Å². The number of carboxylic acid groups (broad SMARTS) is 1. The summed E-state index contributed by atoms with van der Waals surface area (Å²) >= 11 is 0. The molecule has 0 rings (SSSR count). The van der Waals surface area contributed by atoms with Crippen LogP contribution in [0, 0.1) is 0 Å². The van der Waals surface area contributed by atoms with Crippen LogP contribution < -0.4 is 0 Å². The first-order chi connectivity index (χ1) is 7.68. The number of rotatable bonds is 6. The summed E-state index contributed by atoms with van der Waals surface area (Å²) in [5.74, 6) is -0.801. The smallest absolute Gasteiger partial charge is 0.331 e. The van der Waals surface area contributed by atoms with Crippen LogP contribution in [0.1, 0.15) is 27.2 Å². The summed E-state index contributed by atoms with van der Waals surface area (Å²) in [6.45, 7) is 5.98. The average molecular weight is 242 g/mol. The number of hydrogen-bond acceptors (Lipinski definition) is 3. The predicted octanol–water partition coefficient (Wildman–Crippen LogP) is 1.68. The van der Waals surface area contributed by atoms with Crippen LogP contribution in [0.25, 0.3) is 0 Å². The van der Waals surface area contributed by atoms with Crippen LogP contribution in [-0.2, 0) is 4.79 Å². The second kappa shape index (κ2) is 6.77. The highest BCUT2D eigenvalue weighted by Gasteiger charge is 2.20. The van der Waals surface area contributed by atoms with Gasteiger partial charge in [0, 0.05) is 17.7 Å². The topological polar surface area (TPSA) is 43.8 Å². The third kappa shape index (κ3) is 4.88. The van der Waals surface area contributed by atoms with Crippen molar-refractivity contribution in [1.82, 2.24) is 9.80 Å². The second-order valence-electron chi connectivity index (χ2n) is 5.12. The van der Waals surface area contributed by atoms with E-state index in [9.17, 15) is 9.90 Å². The molecule has 0 saturated carbocycles. The van der Waals surface area contributed by atoms with Gasteiger partial charge in [0.2, 0.25) is 0 Å². The molecule has 0 aromatic rings. The number of nitrogens with zero attached hydrogens (tertiary/aromatic N) is 2. The molecule has 0 saturated heterocycles. The third-order valence-corrected chi connectivity index (χ3v) is 3.52. The SMILES string of the molecule is CC(=C(CC(C)N(C)C)C(=O)O)C(C)N(C)C. The van der Waals surface area contributed by atoms with E-state index in [-0.39, 0.29) is 12.1 Å². The van der Waals surface area contributed by atoms with Crippen molar-refractivity contribution in [3.05, 3.63) is 11.1 Å². The lowest BCUT2D eigenvalue weighted by molar-refractivity contribution is -0.133. The van der Waals surface area contributed by atoms with Gasteiger partial charge in [-0.1, -0.05) is 0 Å². The monoisotopic (exact) mass is 242 g/mol. The summed E-state index contributed by atoms with van der Waals surface area (Å²) in [4.78, 5) is 15.4. The van der Waals surface area contributed by atoms with Gasteiger partial charge in [0.05, 0.1) is 0 Å². The quantitative estimate of drug-likeness (QED) is 0.720. The van der Waals surface area contributed by atoms with Gasteiger partial charge in [0.25, 0.3) is 0 Å². The van der Waals surface area contributed by atoms with Crippen molar-refractivity contribution in [2.75, 3.05) is 28.2 Å². The van der Waals surface area contributed by atoms with E-state index in [2.05, 4.69) is 0 Å². The highest BCUT2D eigenvalue weighted by Crippen LogP contribution is 2.18. The number of hydrogen-bond donors (Lipinski definition) is 1. The highest BCUT2D eigenvalue weighted by atomic mass is 16.4. The van der Waals surface area contributed by atoms with E-state index in [0.717, 1.165) is 5.57 Å². The molecule has 4 heteroatoms. The molecule has 2 atom stereocenters. The Labute approximate surface area is 105 Å². The first-order valence-corrected chi connectivity index (χ1v) is 5.94. The van der Waals surface area contributed by atoms with E-state index in [1.165, 1.54) is 0 Å². The standard InChI is InChI=1S/C13H26N2O2/c1-9(14(4)5)8-12(13(16)17)10(2)11(3)15(6)7/h9,11H,8H2,1-7H3,(H,16,17). The van der Waals surface area contributed by atoms with E-state index in [0.29, 0.717) is 12.0 Å². The number of likely N-dealkylation sites (N-methyl/N-ethyl adjacent to an activating group) is 1. The molecule has 0 bridgehead atoms. The summed E-state index contributed by atoms with van der Waals surface area (Å²) < 4.78 is 0. The molecule has 0 amide bonds. The zero-order valence-electron chi connectivity index (χ0n) is 12.1. The Balaban J connectivity index is 5.08. The fourth-order valence-corrected chi connectivity index (χ4v) is 1.53. The molecule has 0 aromatic carbocycles. The Morgan fingerprint density at radius 3 is 1.88 bits per heavy atom. The summed E-state index contributed by atoms with van der Waals surface area (Å²) in [6.07, 6.45) is 0.576. The molecule has 0 aromatic heterocycles. The van der Waals surface area contributed by atoms with Gasteiger partial charge in [-0.3, -0.25) is 0 Å². The molecule has 0 aliphatic carbocycles. The Hall–Kier alpha value is -0.870. The van der Waals surface area contributed by atoms with Gasteiger partial charge in [0.15, 0.2) is 0 Å². The van der Waals surface area contributed by atoms with Crippen LogP contribution >= 0.6 is 0 Å². The lowest BCUT2D eigenvalue weighted by atomic mass is 9.97. The summed E-state index contributed by atoms with van der Waals surface area (Å²) in [5.41, 5.74) is 1.48. The molecule has 4 nitrogen and oxygen atoms in total. The molecule has 1 N–H and O–H groups in total. The van der Waals surface area contributed by atoms with Gasteiger partial charge in [-0.25, -0.2) is 4.79 Å². The van der Waals surface area contributed by atoms with Crippen molar-refractivity contribution in [3.63, 3.8) is 0 Å². The Morgan fingerprint density at radius 2 is 1.59 bits per heavy atom. The zero-order chi connectivity index (χ0) is 13.7. The molecule has 0 aliphatic rings. The molecule has 100 valence electrons. The summed E-state index contributed by atoms with van der Waals surface area (Å²) in [5, 5.41) is 9.31. The zero-order valence-corrected chi connectivity index (χ0v) is 12.1. The first-order valence-electron chi connectivity index (χ1n) is 5.94.